The van der Waals surface area contributed by atoms with E-state index in [1.54, 1.807) is 11.3 Å². The second-order valence-electron chi connectivity index (χ2n) is 5.70. The van der Waals surface area contributed by atoms with Crippen molar-refractivity contribution in [1.82, 2.24) is 9.78 Å². The van der Waals surface area contributed by atoms with Gasteiger partial charge in [0.25, 0.3) is 0 Å². The van der Waals surface area contributed by atoms with Crippen molar-refractivity contribution in [2.75, 3.05) is 0 Å². The van der Waals surface area contributed by atoms with Crippen LogP contribution in [0.1, 0.15) is 37.7 Å². The Kier molecular flexibility index (Phi) is 4.45. The largest absolute Gasteiger partial charge is 0.254 e. The molecule has 1 aliphatic carbocycles. The average Bonchev–Trinajstić information content (AvgIpc) is 2.84. The molecule has 0 aliphatic heterocycles. The monoisotopic (exact) mass is 321 g/mol. The van der Waals surface area contributed by atoms with Gasteiger partial charge in [-0.1, -0.05) is 48.3 Å². The third-order valence-corrected chi connectivity index (χ3v) is 5.47. The van der Waals surface area contributed by atoms with E-state index in [4.69, 9.17) is 16.6 Å². The zero-order chi connectivity index (χ0) is 14.8. The van der Waals surface area contributed by atoms with Crippen LogP contribution in [-0.2, 0) is 7.05 Å². The van der Waals surface area contributed by atoms with Gasteiger partial charge in [0.2, 0.25) is 4.80 Å². The lowest BCUT2D eigenvalue weighted by Crippen LogP contribution is -2.18. The molecule has 112 valence electrons. The molecule has 0 bridgehead atoms. The molecule has 0 saturated heterocycles. The van der Waals surface area contributed by atoms with Crippen LogP contribution in [0.5, 0.6) is 0 Å². The quantitative estimate of drug-likeness (QED) is 0.809. The molecule has 0 unspecified atom stereocenters. The molecule has 1 aliphatic rings. The van der Waals surface area contributed by atoms with Crippen LogP contribution >= 0.6 is 22.9 Å². The molecular weight excluding hydrogens is 302 g/mol. The van der Waals surface area contributed by atoms with Crippen LogP contribution < -0.4 is 4.80 Å². The zero-order valence-electron chi connectivity index (χ0n) is 12.5. The maximum absolute atomic E-state index is 6.09. The summed E-state index contributed by atoms with van der Waals surface area (Å²) in [5, 5.41) is 6.42. The summed E-state index contributed by atoms with van der Waals surface area (Å²) in [7, 11) is 1.98. The van der Waals surface area contributed by atoms with Crippen LogP contribution in [0.25, 0.3) is 10.6 Å². The highest BCUT2D eigenvalue weighted by atomic mass is 35.5. The van der Waals surface area contributed by atoms with E-state index in [9.17, 15) is 0 Å². The first-order valence-corrected chi connectivity index (χ1v) is 8.67. The van der Waals surface area contributed by atoms with Gasteiger partial charge in [-0.25, -0.2) is 4.68 Å². The molecule has 21 heavy (non-hydrogen) atoms. The molecule has 0 radical (unpaired) electrons. The fraction of sp³-hybridized carbons (Fsp3) is 0.500. The van der Waals surface area contributed by atoms with Crippen LogP contribution in [-0.4, -0.2) is 15.8 Å². The first-order valence-electron chi connectivity index (χ1n) is 7.48. The van der Waals surface area contributed by atoms with E-state index in [-0.39, 0.29) is 0 Å². The van der Waals surface area contributed by atoms with E-state index >= 15 is 0 Å². The highest BCUT2D eigenvalue weighted by Gasteiger charge is 2.13. The lowest BCUT2D eigenvalue weighted by molar-refractivity contribution is 0.434. The van der Waals surface area contributed by atoms with Crippen molar-refractivity contribution in [3.05, 3.63) is 33.6 Å². The van der Waals surface area contributed by atoms with Crippen molar-refractivity contribution in [3.8, 4) is 10.6 Å². The molecule has 1 aromatic heterocycles. The Balaban J connectivity index is 1.93. The molecule has 1 aromatic carbocycles. The number of halogens is 1. The van der Waals surface area contributed by atoms with E-state index in [2.05, 4.69) is 11.2 Å². The minimum atomic E-state index is 0.477. The predicted molar refractivity (Wildman–Crippen MR) is 88.7 cm³/mol. The van der Waals surface area contributed by atoms with E-state index < -0.39 is 0 Å². The number of rotatable bonds is 2. The average molecular weight is 322 g/mol. The number of nitrogens with zero attached hydrogens (tertiary/aromatic N) is 3. The van der Waals surface area contributed by atoms with Crippen LogP contribution in [0.2, 0.25) is 5.02 Å². The van der Waals surface area contributed by atoms with Gasteiger partial charge in [-0.05, 0) is 37.5 Å². The fourth-order valence-corrected chi connectivity index (χ4v) is 3.80. The molecule has 3 rings (SSSR count). The van der Waals surface area contributed by atoms with Crippen molar-refractivity contribution in [3.63, 3.8) is 0 Å². The summed E-state index contributed by atoms with van der Waals surface area (Å²) in [6, 6.07) is 6.53. The number of aromatic nitrogens is 2. The van der Waals surface area contributed by atoms with Crippen LogP contribution in [0, 0.1) is 6.92 Å². The molecule has 0 N–H and O–H groups in total. The van der Waals surface area contributed by atoms with Crippen LogP contribution in [0.3, 0.4) is 0 Å². The van der Waals surface area contributed by atoms with Gasteiger partial charge in [0.15, 0.2) is 0 Å². The van der Waals surface area contributed by atoms with Crippen LogP contribution in [0.15, 0.2) is 23.2 Å². The van der Waals surface area contributed by atoms with Crippen molar-refractivity contribution in [2.24, 2.45) is 12.0 Å². The maximum atomic E-state index is 6.09. The van der Waals surface area contributed by atoms with E-state index in [1.807, 2.05) is 30.8 Å². The summed E-state index contributed by atoms with van der Waals surface area (Å²) < 4.78 is 1.90. The van der Waals surface area contributed by atoms with Crippen molar-refractivity contribution in [1.29, 1.82) is 0 Å². The number of benzene rings is 1. The fourth-order valence-electron chi connectivity index (χ4n) is 2.72. The summed E-state index contributed by atoms with van der Waals surface area (Å²) in [4.78, 5) is 5.91. The van der Waals surface area contributed by atoms with Crippen molar-refractivity contribution < 1.29 is 0 Å². The highest BCUT2D eigenvalue weighted by Crippen LogP contribution is 2.25. The molecule has 2 aromatic rings. The molecule has 0 amide bonds. The Labute approximate surface area is 134 Å². The topological polar surface area (TPSA) is 30.2 Å². The number of hydrogen-bond acceptors (Lipinski definition) is 3. The SMILES string of the molecule is Cc1cc(-c2nn(C)c(=NC3CCCCC3)s2)ccc1Cl. The van der Waals surface area contributed by atoms with Gasteiger partial charge in [0, 0.05) is 17.6 Å². The molecule has 0 spiro atoms. The van der Waals surface area contributed by atoms with E-state index in [0.717, 1.165) is 26.0 Å². The normalized spacial score (nSPS) is 17.4. The molecule has 1 saturated carbocycles. The second-order valence-corrected chi connectivity index (χ2v) is 7.06. The molecule has 1 fully saturated rings. The number of hydrogen-bond donors (Lipinski definition) is 0. The molecule has 0 atom stereocenters. The zero-order valence-corrected chi connectivity index (χ0v) is 14.0. The molecular formula is C16H20ClN3S. The maximum Gasteiger partial charge on any atom is 0.203 e. The summed E-state index contributed by atoms with van der Waals surface area (Å²) in [5.74, 6) is 0. The van der Waals surface area contributed by atoms with Gasteiger partial charge >= 0.3 is 0 Å². The summed E-state index contributed by atoms with van der Waals surface area (Å²) in [6.45, 7) is 2.02. The number of aryl methyl sites for hydroxylation is 2. The molecule has 1 heterocycles. The van der Waals surface area contributed by atoms with Gasteiger partial charge in [0.1, 0.15) is 5.01 Å². The Hall–Kier alpha value is -1.13. The predicted octanol–water partition coefficient (Wildman–Crippen LogP) is 4.34. The molecule has 5 heteroatoms. The summed E-state index contributed by atoms with van der Waals surface area (Å²) >= 11 is 7.76. The Bertz CT molecular complexity index is 696. The van der Waals surface area contributed by atoms with Crippen LogP contribution in [0.4, 0.5) is 0 Å². The van der Waals surface area contributed by atoms with Crippen molar-refractivity contribution in [2.45, 2.75) is 45.1 Å². The van der Waals surface area contributed by atoms with E-state index in [0.29, 0.717) is 6.04 Å². The van der Waals surface area contributed by atoms with Gasteiger partial charge in [-0.2, -0.15) is 5.10 Å². The highest BCUT2D eigenvalue weighted by molar-refractivity contribution is 7.12. The summed E-state index contributed by atoms with van der Waals surface area (Å²) in [6.07, 6.45) is 6.40. The van der Waals surface area contributed by atoms with E-state index in [1.165, 1.54) is 32.1 Å². The third-order valence-electron chi connectivity index (χ3n) is 3.98. The Morgan fingerprint density at radius 1 is 1.29 bits per heavy atom. The third kappa shape index (κ3) is 3.38. The Morgan fingerprint density at radius 3 is 2.76 bits per heavy atom. The first-order chi connectivity index (χ1) is 10.1. The Morgan fingerprint density at radius 2 is 2.05 bits per heavy atom. The van der Waals surface area contributed by atoms with Gasteiger partial charge < -0.3 is 0 Å². The minimum Gasteiger partial charge on any atom is -0.254 e. The minimum absolute atomic E-state index is 0.477. The standard InChI is InChI=1S/C16H20ClN3S/c1-11-10-12(8-9-14(11)17)15-19-20(2)16(21-15)18-13-6-4-3-5-7-13/h8-10,13H,3-7H2,1-2H3. The van der Waals surface area contributed by atoms with Gasteiger partial charge in [-0.3, -0.25) is 4.99 Å². The van der Waals surface area contributed by atoms with Gasteiger partial charge in [0.05, 0.1) is 6.04 Å². The first kappa shape index (κ1) is 14.8. The summed E-state index contributed by atoms with van der Waals surface area (Å²) in [5.41, 5.74) is 2.19. The molecule has 3 nitrogen and oxygen atoms in total. The lowest BCUT2D eigenvalue weighted by Gasteiger charge is -2.16. The van der Waals surface area contributed by atoms with Gasteiger partial charge in [-0.15, -0.1) is 0 Å². The van der Waals surface area contributed by atoms with Crippen molar-refractivity contribution >= 4 is 22.9 Å². The second kappa shape index (κ2) is 6.32. The smallest absolute Gasteiger partial charge is 0.203 e. The lowest BCUT2D eigenvalue weighted by atomic mass is 9.96.